The Kier molecular flexibility index (Phi) is 6.76. The van der Waals surface area contributed by atoms with Crippen LogP contribution in [0, 0.1) is 34.5 Å². The molecule has 7 atom stereocenters. The zero-order chi connectivity index (χ0) is 29.4. The molecular weight excluding hydrogens is 524 g/mol. The van der Waals surface area contributed by atoms with Crippen LogP contribution in [0.15, 0.2) is 48.6 Å². The van der Waals surface area contributed by atoms with E-state index in [-0.39, 0.29) is 39.6 Å². The summed E-state index contributed by atoms with van der Waals surface area (Å²) in [5.74, 6) is 2.90. The van der Waals surface area contributed by atoms with Crippen molar-refractivity contribution >= 4 is 36.6 Å². The Balaban J connectivity index is 1.20. The van der Waals surface area contributed by atoms with Gasteiger partial charge in [0.1, 0.15) is 5.75 Å². The lowest BCUT2D eigenvalue weighted by molar-refractivity contribution is -0.129. The number of nitrogens with one attached hydrogen (secondary N) is 2. The van der Waals surface area contributed by atoms with Crippen molar-refractivity contribution in [3.8, 4) is 5.75 Å². The van der Waals surface area contributed by atoms with Crippen molar-refractivity contribution in [2.75, 3.05) is 5.32 Å². The van der Waals surface area contributed by atoms with Crippen LogP contribution in [0.3, 0.4) is 0 Å². The van der Waals surface area contributed by atoms with Gasteiger partial charge in [0.15, 0.2) is 0 Å². The Morgan fingerprint density at radius 3 is 2.56 bits per heavy atom. The molecule has 3 saturated carbocycles. The van der Waals surface area contributed by atoms with Crippen molar-refractivity contribution in [2.45, 2.75) is 97.3 Å². The second-order valence-corrected chi connectivity index (χ2v) is 20.2. The van der Waals surface area contributed by atoms with E-state index in [1.807, 2.05) is 12.1 Å². The van der Waals surface area contributed by atoms with Crippen molar-refractivity contribution in [3.05, 3.63) is 48.6 Å². The molecule has 2 N–H and O–H groups in total. The van der Waals surface area contributed by atoms with Gasteiger partial charge in [0.05, 0.1) is 0 Å². The van der Waals surface area contributed by atoms with Gasteiger partial charge in [-0.15, -0.1) is 0 Å². The lowest BCUT2D eigenvalue weighted by Crippen LogP contribution is -2.59. The van der Waals surface area contributed by atoms with E-state index in [0.717, 1.165) is 60.7 Å². The molecule has 4 aliphatic rings. The highest BCUT2D eigenvalue weighted by atomic mass is 28.4. The number of hydrogen-bond donors (Lipinski definition) is 2. The van der Waals surface area contributed by atoms with Gasteiger partial charge in [-0.2, -0.15) is 0 Å². The van der Waals surface area contributed by atoms with Crippen molar-refractivity contribution < 1.29 is 14.0 Å². The summed E-state index contributed by atoms with van der Waals surface area (Å²) < 4.78 is 6.56. The summed E-state index contributed by atoms with van der Waals surface area (Å²) in [6.45, 7) is 16.1. The zero-order valence-electron chi connectivity index (χ0n) is 26.0. The predicted octanol–water partition coefficient (Wildman–Crippen LogP) is 8.08. The maximum absolute atomic E-state index is 14.0. The van der Waals surface area contributed by atoms with Gasteiger partial charge in [-0.25, -0.2) is 0 Å². The van der Waals surface area contributed by atoms with Gasteiger partial charge in [0, 0.05) is 28.4 Å². The molecule has 3 fully saturated rings. The standard InChI is InChI=1S/C35H48N2O3Si/c1-33(2,3)41(6,7)40-23-11-12-24-22(21-23)9-8-10-29(24)36-32(39)28-15-14-26-25-13-16-30-35(5,20-18-31(38)37-30)27(25)17-19-34(26,28)4/h8-12,18,20-21,25-28,30H,13-17,19H2,1-7H3,(H,36,39)(H,37,38)/t25-,26-,27-,28+,30+,34-,35+/m0/s1. The van der Waals surface area contributed by atoms with Gasteiger partial charge in [-0.05, 0) is 116 Å². The molecule has 2 aromatic rings. The van der Waals surface area contributed by atoms with Gasteiger partial charge in [0.2, 0.25) is 20.1 Å². The highest BCUT2D eigenvalue weighted by Gasteiger charge is 2.60. The maximum atomic E-state index is 14.0. The molecule has 220 valence electrons. The third-order valence-corrected chi connectivity index (χ3v) is 16.6. The smallest absolute Gasteiger partial charge is 0.250 e. The molecule has 6 rings (SSSR count). The highest BCUT2D eigenvalue weighted by molar-refractivity contribution is 6.74. The summed E-state index contributed by atoms with van der Waals surface area (Å²) in [5, 5.41) is 8.91. The fraction of sp³-hybridized carbons (Fsp3) is 0.600. The lowest BCUT2D eigenvalue weighted by atomic mass is 9.48. The summed E-state index contributed by atoms with van der Waals surface area (Å²) in [6.07, 6.45) is 10.4. The van der Waals surface area contributed by atoms with E-state index in [9.17, 15) is 9.59 Å². The largest absolute Gasteiger partial charge is 0.543 e. The van der Waals surface area contributed by atoms with E-state index in [2.05, 4.69) is 88.7 Å². The molecule has 41 heavy (non-hydrogen) atoms. The van der Waals surface area contributed by atoms with E-state index in [1.165, 1.54) is 0 Å². The summed E-state index contributed by atoms with van der Waals surface area (Å²) in [4.78, 5) is 26.0. The average molecular weight is 573 g/mol. The molecule has 0 spiro atoms. The normalized spacial score (nSPS) is 34.8. The molecule has 1 aliphatic heterocycles. The number of rotatable bonds is 4. The summed E-state index contributed by atoms with van der Waals surface area (Å²) in [7, 11) is -1.94. The first-order valence-electron chi connectivity index (χ1n) is 15.8. The molecule has 0 saturated heterocycles. The number of anilines is 1. The topological polar surface area (TPSA) is 67.4 Å². The van der Waals surface area contributed by atoms with Crippen LogP contribution in [0.1, 0.15) is 73.1 Å². The van der Waals surface area contributed by atoms with Crippen LogP contribution in [0.5, 0.6) is 5.75 Å². The molecule has 1 heterocycles. The Bertz CT molecular complexity index is 1410. The van der Waals surface area contributed by atoms with E-state index in [1.54, 1.807) is 6.08 Å². The third kappa shape index (κ3) is 4.65. The Labute approximate surface area is 247 Å². The first kappa shape index (κ1) is 28.5. The van der Waals surface area contributed by atoms with E-state index < -0.39 is 8.32 Å². The number of fused-ring (bicyclic) bond motifs is 6. The van der Waals surface area contributed by atoms with Crippen molar-refractivity contribution in [1.82, 2.24) is 5.32 Å². The quantitative estimate of drug-likeness (QED) is 0.364. The average Bonchev–Trinajstić information content (AvgIpc) is 3.25. The molecule has 2 amide bonds. The van der Waals surface area contributed by atoms with Gasteiger partial charge < -0.3 is 15.1 Å². The van der Waals surface area contributed by atoms with Gasteiger partial charge in [-0.1, -0.05) is 52.8 Å². The molecule has 0 aromatic heterocycles. The van der Waals surface area contributed by atoms with Gasteiger partial charge in [0.25, 0.3) is 0 Å². The minimum Gasteiger partial charge on any atom is -0.543 e. The number of amides is 2. The fourth-order valence-electron chi connectivity index (χ4n) is 8.87. The Hall–Kier alpha value is -2.60. The molecule has 6 heteroatoms. The maximum Gasteiger partial charge on any atom is 0.250 e. The van der Waals surface area contributed by atoms with Gasteiger partial charge >= 0.3 is 0 Å². The monoisotopic (exact) mass is 572 g/mol. The number of carbonyl (C=O) groups excluding carboxylic acids is 2. The van der Waals surface area contributed by atoms with Crippen LogP contribution >= 0.6 is 0 Å². The summed E-state index contributed by atoms with van der Waals surface area (Å²) in [6, 6.07) is 12.7. The number of benzene rings is 2. The van der Waals surface area contributed by atoms with Crippen LogP contribution in [-0.2, 0) is 9.59 Å². The zero-order valence-corrected chi connectivity index (χ0v) is 27.0. The van der Waals surface area contributed by atoms with Crippen LogP contribution in [-0.4, -0.2) is 26.2 Å². The summed E-state index contributed by atoms with van der Waals surface area (Å²) >= 11 is 0. The second-order valence-electron chi connectivity index (χ2n) is 15.4. The molecule has 0 unspecified atom stereocenters. The highest BCUT2D eigenvalue weighted by Crippen LogP contribution is 2.65. The minimum atomic E-state index is -1.94. The van der Waals surface area contributed by atoms with Crippen LogP contribution < -0.4 is 15.1 Å². The Morgan fingerprint density at radius 2 is 1.80 bits per heavy atom. The van der Waals surface area contributed by atoms with Crippen molar-refractivity contribution in [1.29, 1.82) is 0 Å². The number of hydrogen-bond acceptors (Lipinski definition) is 3. The van der Waals surface area contributed by atoms with E-state index in [0.29, 0.717) is 17.8 Å². The first-order chi connectivity index (χ1) is 19.2. The number of carbonyl (C=O) groups is 2. The van der Waals surface area contributed by atoms with Crippen LogP contribution in [0.4, 0.5) is 5.69 Å². The molecule has 0 radical (unpaired) electrons. The third-order valence-electron chi connectivity index (χ3n) is 12.3. The van der Waals surface area contributed by atoms with Crippen LogP contribution in [0.2, 0.25) is 18.1 Å². The van der Waals surface area contributed by atoms with Crippen molar-refractivity contribution in [3.63, 3.8) is 0 Å². The molecule has 5 nitrogen and oxygen atoms in total. The second kappa shape index (κ2) is 9.72. The summed E-state index contributed by atoms with van der Waals surface area (Å²) in [5.41, 5.74) is 0.933. The minimum absolute atomic E-state index is 0.0187. The molecular formula is C35H48N2O3Si. The molecule has 3 aliphatic carbocycles. The Morgan fingerprint density at radius 1 is 1.02 bits per heavy atom. The predicted molar refractivity (Wildman–Crippen MR) is 169 cm³/mol. The molecule has 2 aromatic carbocycles. The van der Waals surface area contributed by atoms with Gasteiger partial charge in [-0.3, -0.25) is 9.59 Å². The van der Waals surface area contributed by atoms with Crippen molar-refractivity contribution in [2.24, 2.45) is 34.5 Å². The van der Waals surface area contributed by atoms with E-state index in [4.69, 9.17) is 4.43 Å². The lowest BCUT2D eigenvalue weighted by Gasteiger charge is -2.58. The van der Waals surface area contributed by atoms with E-state index >= 15 is 0 Å². The molecule has 0 bridgehead atoms. The fourth-order valence-corrected chi connectivity index (χ4v) is 9.89. The SMILES string of the molecule is CC(C)(C)[Si](C)(C)Oc1ccc2c(NC(=O)[C@H]3CC[C@H]4[C@@H]5CC[C@H]6NC(=O)C=C[C@]6(C)[C@H]5CC[C@]34C)cccc2c1. The van der Waals surface area contributed by atoms with Crippen LogP contribution in [0.25, 0.3) is 10.8 Å². The first-order valence-corrected chi connectivity index (χ1v) is 18.7.